The van der Waals surface area contributed by atoms with Crippen LogP contribution in [0.25, 0.3) is 28.2 Å². The fourth-order valence-electron chi connectivity index (χ4n) is 5.08. The van der Waals surface area contributed by atoms with E-state index in [-0.39, 0.29) is 18.1 Å². The van der Waals surface area contributed by atoms with E-state index in [0.717, 1.165) is 22.7 Å². The van der Waals surface area contributed by atoms with Crippen LogP contribution < -0.4 is 4.90 Å². The zero-order valence-corrected chi connectivity index (χ0v) is 23.8. The third kappa shape index (κ3) is 5.20. The molecular formula is C30H27FN8O2S. The van der Waals surface area contributed by atoms with Crippen LogP contribution in [0.4, 0.5) is 15.3 Å². The number of imidazole rings is 1. The first-order chi connectivity index (χ1) is 20.3. The van der Waals surface area contributed by atoms with E-state index in [1.165, 1.54) is 23.5 Å². The van der Waals surface area contributed by atoms with Crippen LogP contribution in [0.3, 0.4) is 0 Å². The van der Waals surface area contributed by atoms with E-state index in [1.54, 1.807) is 29.4 Å². The number of hydrogen-bond acceptors (Lipinski definition) is 9. The van der Waals surface area contributed by atoms with Gasteiger partial charge in [-0.25, -0.2) is 14.4 Å². The highest BCUT2D eigenvalue weighted by Crippen LogP contribution is 2.37. The lowest BCUT2D eigenvalue weighted by atomic mass is 10.1. The Kier molecular flexibility index (Phi) is 7.36. The number of fused-ring (bicyclic) bond motifs is 1. The van der Waals surface area contributed by atoms with Crippen LogP contribution in [0.15, 0.2) is 55.0 Å². The summed E-state index contributed by atoms with van der Waals surface area (Å²) in [6.45, 7) is 2.94. The molecule has 0 bridgehead atoms. The summed E-state index contributed by atoms with van der Waals surface area (Å²) in [5.74, 6) is 0.383. The van der Waals surface area contributed by atoms with Crippen LogP contribution in [0.1, 0.15) is 29.6 Å². The SMILES string of the molecule is CCc1nc2ccc(-c3cnc(CC(=O)N4CCC(O)C4)cn3)cn2c1N(C)c1nc(-c2ccc(F)cc2)c(C#N)s1. The van der Waals surface area contributed by atoms with Crippen molar-refractivity contribution in [3.8, 4) is 28.6 Å². The van der Waals surface area contributed by atoms with Crippen molar-refractivity contribution in [3.05, 3.63) is 77.1 Å². The van der Waals surface area contributed by atoms with Crippen molar-refractivity contribution < 1.29 is 14.3 Å². The lowest BCUT2D eigenvalue weighted by molar-refractivity contribution is -0.129. The molecule has 10 nitrogen and oxygen atoms in total. The van der Waals surface area contributed by atoms with E-state index in [1.807, 2.05) is 41.6 Å². The average Bonchev–Trinajstić information content (AvgIpc) is 3.73. The molecule has 5 heterocycles. The summed E-state index contributed by atoms with van der Waals surface area (Å²) in [6.07, 6.45) is 6.15. The number of rotatable bonds is 7. The predicted octanol–water partition coefficient (Wildman–Crippen LogP) is 4.39. The van der Waals surface area contributed by atoms with Crippen LogP contribution >= 0.6 is 11.3 Å². The molecular weight excluding hydrogens is 555 g/mol. The number of carbonyl (C=O) groups excluding carboxylic acids is 1. The number of thiazole rings is 1. The van der Waals surface area contributed by atoms with E-state index in [9.17, 15) is 19.6 Å². The number of amides is 1. The molecule has 0 radical (unpaired) electrons. The zero-order valence-electron chi connectivity index (χ0n) is 23.0. The van der Waals surface area contributed by atoms with Gasteiger partial charge in [0, 0.05) is 43.7 Å². The molecule has 0 spiro atoms. The van der Waals surface area contributed by atoms with Gasteiger partial charge in [-0.15, -0.1) is 0 Å². The summed E-state index contributed by atoms with van der Waals surface area (Å²) in [4.78, 5) is 35.2. The molecule has 1 saturated heterocycles. The molecule has 1 unspecified atom stereocenters. The maximum absolute atomic E-state index is 13.5. The number of halogens is 1. The van der Waals surface area contributed by atoms with Crippen LogP contribution in [-0.4, -0.2) is 66.5 Å². The number of aryl methyl sites for hydroxylation is 1. The van der Waals surface area contributed by atoms with Gasteiger partial charge in [-0.3, -0.25) is 19.2 Å². The molecule has 1 fully saturated rings. The smallest absolute Gasteiger partial charge is 0.228 e. The summed E-state index contributed by atoms with van der Waals surface area (Å²) in [6, 6.07) is 12.0. The Morgan fingerprint density at radius 1 is 1.17 bits per heavy atom. The summed E-state index contributed by atoms with van der Waals surface area (Å²) in [5, 5.41) is 20.1. The fourth-order valence-corrected chi connectivity index (χ4v) is 5.93. The second-order valence-electron chi connectivity index (χ2n) is 10.1. The molecule has 42 heavy (non-hydrogen) atoms. The molecule has 4 aromatic heterocycles. The Bertz CT molecular complexity index is 1810. The van der Waals surface area contributed by atoms with Gasteiger partial charge in [0.05, 0.1) is 35.8 Å². The Morgan fingerprint density at radius 2 is 1.95 bits per heavy atom. The number of aliphatic hydroxyl groups excluding tert-OH is 1. The second kappa shape index (κ2) is 11.3. The number of benzene rings is 1. The van der Waals surface area contributed by atoms with E-state index in [2.05, 4.69) is 16.0 Å². The number of anilines is 2. The Morgan fingerprint density at radius 3 is 2.62 bits per heavy atom. The van der Waals surface area contributed by atoms with Gasteiger partial charge in [-0.05, 0) is 49.2 Å². The lowest BCUT2D eigenvalue weighted by Crippen LogP contribution is -2.31. The van der Waals surface area contributed by atoms with Crippen LogP contribution in [0, 0.1) is 17.1 Å². The molecule has 1 aliphatic heterocycles. The van der Waals surface area contributed by atoms with Crippen LogP contribution in [-0.2, 0) is 17.6 Å². The monoisotopic (exact) mass is 582 g/mol. The first-order valence-electron chi connectivity index (χ1n) is 13.5. The van der Waals surface area contributed by atoms with E-state index >= 15 is 0 Å². The maximum atomic E-state index is 13.5. The third-order valence-electron chi connectivity index (χ3n) is 7.29. The molecule has 12 heteroatoms. The van der Waals surface area contributed by atoms with Crippen LogP contribution in [0.2, 0.25) is 0 Å². The van der Waals surface area contributed by atoms with Gasteiger partial charge in [0.2, 0.25) is 5.91 Å². The third-order valence-corrected chi connectivity index (χ3v) is 8.32. The van der Waals surface area contributed by atoms with Gasteiger partial charge < -0.3 is 14.9 Å². The lowest BCUT2D eigenvalue weighted by Gasteiger charge is -2.17. The summed E-state index contributed by atoms with van der Waals surface area (Å²) >= 11 is 1.26. The quantitative estimate of drug-likeness (QED) is 0.300. The molecule has 1 aromatic carbocycles. The van der Waals surface area contributed by atoms with E-state index in [0.29, 0.717) is 58.6 Å². The first-order valence-corrected chi connectivity index (χ1v) is 14.3. The minimum absolute atomic E-state index is 0.0717. The van der Waals surface area contributed by atoms with Gasteiger partial charge in [0.1, 0.15) is 33.9 Å². The minimum atomic E-state index is -0.460. The largest absolute Gasteiger partial charge is 0.391 e. The van der Waals surface area contributed by atoms with Gasteiger partial charge in [-0.2, -0.15) is 5.26 Å². The summed E-state index contributed by atoms with van der Waals surface area (Å²) < 4.78 is 15.5. The molecule has 1 atom stereocenters. The van der Waals surface area contributed by atoms with Gasteiger partial charge in [-0.1, -0.05) is 18.3 Å². The van der Waals surface area contributed by atoms with Gasteiger partial charge in [0.15, 0.2) is 5.13 Å². The highest BCUT2D eigenvalue weighted by molar-refractivity contribution is 7.16. The number of pyridine rings is 1. The second-order valence-corrected chi connectivity index (χ2v) is 11.1. The Labute approximate surface area is 245 Å². The highest BCUT2D eigenvalue weighted by Gasteiger charge is 2.25. The number of aromatic nitrogens is 5. The molecule has 6 rings (SSSR count). The van der Waals surface area contributed by atoms with E-state index in [4.69, 9.17) is 9.97 Å². The minimum Gasteiger partial charge on any atom is -0.391 e. The first kappa shape index (κ1) is 27.4. The van der Waals surface area contributed by atoms with Crippen molar-refractivity contribution >= 4 is 33.8 Å². The molecule has 212 valence electrons. The average molecular weight is 583 g/mol. The van der Waals surface area contributed by atoms with Crippen molar-refractivity contribution in [2.75, 3.05) is 25.0 Å². The number of hydrogen-bond donors (Lipinski definition) is 1. The van der Waals surface area contributed by atoms with Gasteiger partial charge >= 0.3 is 0 Å². The predicted molar refractivity (Wildman–Crippen MR) is 157 cm³/mol. The fraction of sp³-hybridized carbons (Fsp3) is 0.267. The van der Waals surface area contributed by atoms with Crippen molar-refractivity contribution in [2.24, 2.45) is 0 Å². The maximum Gasteiger partial charge on any atom is 0.228 e. The summed E-state index contributed by atoms with van der Waals surface area (Å²) in [5.41, 5.74) is 4.80. The van der Waals surface area contributed by atoms with E-state index < -0.39 is 6.10 Å². The van der Waals surface area contributed by atoms with Crippen molar-refractivity contribution in [1.29, 1.82) is 5.26 Å². The molecule has 5 aromatic rings. The number of aliphatic hydroxyl groups is 1. The van der Waals surface area contributed by atoms with Crippen LogP contribution in [0.5, 0.6) is 0 Å². The Hall–Kier alpha value is -4.73. The highest BCUT2D eigenvalue weighted by atomic mass is 32.1. The topological polar surface area (TPSA) is 124 Å². The number of β-amino-alcohol motifs (C(OH)–C–C–N with tert-alkyl or cyclic N) is 1. The van der Waals surface area contributed by atoms with Crippen molar-refractivity contribution in [2.45, 2.75) is 32.3 Å². The molecule has 1 amide bonds. The molecule has 1 aliphatic rings. The zero-order chi connectivity index (χ0) is 29.4. The Balaban J connectivity index is 1.30. The normalized spacial score (nSPS) is 14.8. The number of nitrogens with zero attached hydrogens (tertiary/aromatic N) is 8. The number of likely N-dealkylation sites (tertiary alicyclic amines) is 1. The van der Waals surface area contributed by atoms with Crippen molar-refractivity contribution in [1.82, 2.24) is 29.2 Å². The summed E-state index contributed by atoms with van der Waals surface area (Å²) in [7, 11) is 1.88. The number of carbonyl (C=O) groups is 1. The molecule has 0 aliphatic carbocycles. The molecule has 1 N–H and O–H groups in total. The molecule has 0 saturated carbocycles. The van der Waals surface area contributed by atoms with Gasteiger partial charge in [0.25, 0.3) is 0 Å². The standard InChI is InChI=1S/C30H27FN8O2S/c1-3-23-29(37(2)30-36-28(25(13-32)42-30)18-4-7-20(31)8-5-18)39-16-19(6-9-26(39)35-23)24-15-33-21(14-34-24)12-27(41)38-11-10-22(40)17-38/h4-9,14-16,22,40H,3,10-12,17H2,1-2H3. The van der Waals surface area contributed by atoms with Crippen molar-refractivity contribution in [3.63, 3.8) is 0 Å². The number of nitriles is 1.